The van der Waals surface area contributed by atoms with Gasteiger partial charge in [0, 0.05) is 39.4 Å². The maximum Gasteiger partial charge on any atom is 0.272 e. The molecule has 1 fully saturated rings. The van der Waals surface area contributed by atoms with Gasteiger partial charge in [0.15, 0.2) is 0 Å². The molecule has 2 heterocycles. The second-order valence-corrected chi connectivity index (χ2v) is 5.98. The van der Waals surface area contributed by atoms with Crippen molar-refractivity contribution in [3.05, 3.63) is 18.0 Å². The van der Waals surface area contributed by atoms with Crippen LogP contribution in [0, 0.1) is 0 Å². The van der Waals surface area contributed by atoms with Crippen LogP contribution in [0.3, 0.4) is 0 Å². The number of amides is 1. The molecule has 0 aliphatic carbocycles. The fourth-order valence-electron chi connectivity index (χ4n) is 2.37. The maximum atomic E-state index is 12.4. The maximum absolute atomic E-state index is 12.4. The molecule has 1 aliphatic rings. The van der Waals surface area contributed by atoms with Crippen molar-refractivity contribution >= 4 is 23.1 Å². The molecule has 0 aromatic carbocycles. The highest BCUT2D eigenvalue weighted by Crippen LogP contribution is 2.18. The predicted octanol–water partition coefficient (Wildman–Crippen LogP) is 0.243. The lowest BCUT2D eigenvalue weighted by Crippen LogP contribution is -2.59. The minimum Gasteiger partial charge on any atom is -0.392 e. The Kier molecular flexibility index (Phi) is 4.10. The largest absolute Gasteiger partial charge is 0.392 e. The van der Waals surface area contributed by atoms with Crippen LogP contribution in [0.1, 0.15) is 24.3 Å². The molecule has 0 saturated carbocycles. The number of nitrogens with zero attached hydrogens (tertiary/aromatic N) is 4. The summed E-state index contributed by atoms with van der Waals surface area (Å²) in [4.78, 5) is 16.9. The van der Waals surface area contributed by atoms with E-state index in [0.717, 1.165) is 13.1 Å². The molecule has 0 atom stereocenters. The minimum absolute atomic E-state index is 0.0257. The predicted molar refractivity (Wildman–Crippen MR) is 81.5 cm³/mol. The summed E-state index contributed by atoms with van der Waals surface area (Å²) < 4.78 is 1.60. The minimum atomic E-state index is -0.309. The zero-order valence-corrected chi connectivity index (χ0v) is 13.0. The summed E-state index contributed by atoms with van der Waals surface area (Å²) in [5.41, 5.74) is 6.10. The topological polar surface area (TPSA) is 67.4 Å². The van der Waals surface area contributed by atoms with E-state index >= 15 is 0 Å². The van der Waals surface area contributed by atoms with Crippen LogP contribution in [0.5, 0.6) is 0 Å². The molecule has 1 aliphatic heterocycles. The number of nitrogens with two attached hydrogens (primary N) is 1. The first kappa shape index (κ1) is 14.9. The summed E-state index contributed by atoms with van der Waals surface area (Å²) in [5, 5.41) is 4.04. The first-order valence-corrected chi connectivity index (χ1v) is 7.07. The van der Waals surface area contributed by atoms with Crippen molar-refractivity contribution in [1.82, 2.24) is 19.6 Å². The Morgan fingerprint density at radius 2 is 1.95 bits per heavy atom. The van der Waals surface area contributed by atoms with Gasteiger partial charge < -0.3 is 10.6 Å². The van der Waals surface area contributed by atoms with Crippen LogP contribution < -0.4 is 5.73 Å². The van der Waals surface area contributed by atoms with Crippen molar-refractivity contribution < 1.29 is 4.79 Å². The number of piperazine rings is 1. The first-order chi connectivity index (χ1) is 9.34. The van der Waals surface area contributed by atoms with E-state index in [1.165, 1.54) is 0 Å². The molecule has 0 unspecified atom stereocenters. The van der Waals surface area contributed by atoms with Gasteiger partial charge in [0.05, 0.1) is 10.5 Å². The van der Waals surface area contributed by atoms with Crippen LogP contribution in [0.25, 0.3) is 0 Å². The molecule has 0 spiro atoms. The van der Waals surface area contributed by atoms with Crippen molar-refractivity contribution in [2.24, 2.45) is 12.8 Å². The molecule has 6 nitrogen and oxygen atoms in total. The van der Waals surface area contributed by atoms with Gasteiger partial charge in [0.1, 0.15) is 5.69 Å². The standard InChI is InChI=1S/C13H21N5OS/c1-13(2,12(14)20)18-8-6-17(7-9-18)11(19)10-4-5-15-16(10)3/h4-5H,6-9H2,1-3H3,(H2,14,20). The molecule has 0 radical (unpaired) electrons. The number of hydrogen-bond donors (Lipinski definition) is 1. The molecule has 20 heavy (non-hydrogen) atoms. The number of carbonyl (C=O) groups excluding carboxylic acids is 1. The van der Waals surface area contributed by atoms with E-state index in [-0.39, 0.29) is 11.4 Å². The lowest BCUT2D eigenvalue weighted by Gasteiger charge is -2.43. The molecular weight excluding hydrogens is 274 g/mol. The monoisotopic (exact) mass is 295 g/mol. The Balaban J connectivity index is 2.00. The smallest absolute Gasteiger partial charge is 0.272 e. The van der Waals surface area contributed by atoms with E-state index in [4.69, 9.17) is 18.0 Å². The van der Waals surface area contributed by atoms with Crippen LogP contribution in [-0.2, 0) is 7.05 Å². The number of aryl methyl sites for hydroxylation is 1. The summed E-state index contributed by atoms with van der Waals surface area (Å²) in [6.45, 7) is 6.94. The van der Waals surface area contributed by atoms with Gasteiger partial charge in [0.2, 0.25) is 0 Å². The molecule has 1 saturated heterocycles. The summed E-state index contributed by atoms with van der Waals surface area (Å²) in [5.74, 6) is 0.0257. The first-order valence-electron chi connectivity index (χ1n) is 6.66. The third-order valence-electron chi connectivity index (χ3n) is 4.00. The molecule has 1 amide bonds. The van der Waals surface area contributed by atoms with Crippen LogP contribution in [-0.4, -0.2) is 62.2 Å². The van der Waals surface area contributed by atoms with Gasteiger partial charge in [-0.2, -0.15) is 5.10 Å². The van der Waals surface area contributed by atoms with Crippen LogP contribution in [0.15, 0.2) is 12.3 Å². The zero-order valence-electron chi connectivity index (χ0n) is 12.2. The number of hydrogen-bond acceptors (Lipinski definition) is 4. The molecule has 1 aromatic heterocycles. The highest BCUT2D eigenvalue weighted by Gasteiger charge is 2.33. The number of carbonyl (C=O) groups is 1. The summed E-state index contributed by atoms with van der Waals surface area (Å²) in [7, 11) is 1.78. The molecule has 2 N–H and O–H groups in total. The zero-order chi connectivity index (χ0) is 14.9. The van der Waals surface area contributed by atoms with Crippen molar-refractivity contribution in [2.75, 3.05) is 26.2 Å². The molecule has 7 heteroatoms. The average molecular weight is 295 g/mol. The third kappa shape index (κ3) is 2.69. The van der Waals surface area contributed by atoms with Gasteiger partial charge >= 0.3 is 0 Å². The van der Waals surface area contributed by atoms with E-state index in [1.807, 2.05) is 18.7 Å². The SMILES string of the molecule is Cn1nccc1C(=O)N1CCN(C(C)(C)C(N)=S)CC1. The lowest BCUT2D eigenvalue weighted by atomic mass is 10.0. The van der Waals surface area contributed by atoms with Gasteiger partial charge in [0.25, 0.3) is 5.91 Å². The highest BCUT2D eigenvalue weighted by atomic mass is 32.1. The summed E-state index contributed by atoms with van der Waals surface area (Å²) in [6, 6.07) is 1.74. The van der Waals surface area contributed by atoms with E-state index < -0.39 is 0 Å². The third-order valence-corrected chi connectivity index (χ3v) is 4.50. The second kappa shape index (κ2) is 5.49. The van der Waals surface area contributed by atoms with E-state index in [2.05, 4.69) is 10.00 Å². The molecule has 1 aromatic rings. The lowest BCUT2D eigenvalue weighted by molar-refractivity contribution is 0.0530. The van der Waals surface area contributed by atoms with Gasteiger partial charge in [-0.15, -0.1) is 0 Å². The van der Waals surface area contributed by atoms with E-state index in [0.29, 0.717) is 23.8 Å². The number of thiocarbonyl (C=S) groups is 1. The van der Waals surface area contributed by atoms with Crippen molar-refractivity contribution in [3.63, 3.8) is 0 Å². The van der Waals surface area contributed by atoms with Gasteiger partial charge in [-0.05, 0) is 19.9 Å². The van der Waals surface area contributed by atoms with Crippen molar-refractivity contribution in [3.8, 4) is 0 Å². The quantitative estimate of drug-likeness (QED) is 0.809. The summed E-state index contributed by atoms with van der Waals surface area (Å²) >= 11 is 5.12. The van der Waals surface area contributed by atoms with Gasteiger partial charge in [-0.3, -0.25) is 14.4 Å². The Hall–Kier alpha value is -1.47. The fourth-order valence-corrected chi connectivity index (χ4v) is 2.50. The highest BCUT2D eigenvalue weighted by molar-refractivity contribution is 7.80. The van der Waals surface area contributed by atoms with Gasteiger partial charge in [-0.25, -0.2) is 0 Å². The number of rotatable bonds is 3. The molecule has 2 rings (SSSR count). The molecule has 0 bridgehead atoms. The van der Waals surface area contributed by atoms with E-state index in [9.17, 15) is 4.79 Å². The van der Waals surface area contributed by atoms with Crippen LogP contribution >= 0.6 is 12.2 Å². The number of aromatic nitrogens is 2. The average Bonchev–Trinajstić information content (AvgIpc) is 2.84. The Morgan fingerprint density at radius 1 is 1.35 bits per heavy atom. The van der Waals surface area contributed by atoms with E-state index in [1.54, 1.807) is 24.0 Å². The normalized spacial score (nSPS) is 17.2. The Labute approximate surface area is 124 Å². The van der Waals surface area contributed by atoms with Crippen molar-refractivity contribution in [1.29, 1.82) is 0 Å². The van der Waals surface area contributed by atoms with Gasteiger partial charge in [-0.1, -0.05) is 12.2 Å². The Bertz CT molecular complexity index is 517. The molecule has 110 valence electrons. The fraction of sp³-hybridized carbons (Fsp3) is 0.615. The molecular formula is C13H21N5OS. The second-order valence-electron chi connectivity index (χ2n) is 5.54. The van der Waals surface area contributed by atoms with Crippen molar-refractivity contribution in [2.45, 2.75) is 19.4 Å². The van der Waals surface area contributed by atoms with Crippen LogP contribution in [0.2, 0.25) is 0 Å². The summed E-state index contributed by atoms with van der Waals surface area (Å²) in [6.07, 6.45) is 1.64. The Morgan fingerprint density at radius 3 is 2.40 bits per heavy atom. The van der Waals surface area contributed by atoms with Crippen LogP contribution in [0.4, 0.5) is 0 Å².